The number of hydrogen-bond donors (Lipinski definition) is 2. The molecular formula is C33H52FN5O5Sn. The third-order valence-corrected chi connectivity index (χ3v) is 13.3. The van der Waals surface area contributed by atoms with Crippen LogP contribution in [0.5, 0.6) is 0 Å². The van der Waals surface area contributed by atoms with Gasteiger partial charge in [-0.15, -0.1) is 0 Å². The fraction of sp³-hybridized carbons (Fsp3) is 0.697. The van der Waals surface area contributed by atoms with E-state index in [0.717, 1.165) is 4.44 Å². The number of carbonyl (C=O) groups is 4. The van der Waals surface area contributed by atoms with Crippen LogP contribution >= 0.6 is 0 Å². The standard InChI is InChI=1S/C21H27FN5O5.C12H25.Sn/c1-14(28)23-10-17(30)12-25-5-7-26(8-6-25)20-4-3-16(9-19(20)22)27-13-18(32-21(27)31)11-24-15(2)29;1-3-5-7-9-11-12-10-8-6-4-2;/h3-4,9,12,18H,5-8,10-11,13H2,1-2H3,(H,23,28)(H,24,29);1,3-12H2,2H3;. The van der Waals surface area contributed by atoms with Crippen molar-refractivity contribution in [3.05, 3.63) is 24.0 Å². The molecule has 2 fully saturated rings. The normalized spacial score (nSPS) is 17.7. The van der Waals surface area contributed by atoms with E-state index in [9.17, 15) is 19.2 Å². The zero-order valence-corrected chi connectivity index (χ0v) is 30.2. The Hall–Kier alpha value is -2.41. The van der Waals surface area contributed by atoms with Gasteiger partial charge in [-0.05, 0) is 0 Å². The number of Topliss-reactive ketones (excluding diaryl/α,β-unsaturated/α-hetero) is 1. The van der Waals surface area contributed by atoms with Crippen LogP contribution in [0.4, 0.5) is 20.6 Å². The van der Waals surface area contributed by atoms with E-state index in [1.165, 1.54) is 89.0 Å². The number of benzene rings is 1. The average Bonchev–Trinajstić information content (AvgIpc) is 3.40. The molecule has 3 amide bonds. The molecule has 2 radical (unpaired) electrons. The van der Waals surface area contributed by atoms with E-state index < -0.39 is 39.2 Å². The molecule has 2 heterocycles. The second kappa shape index (κ2) is 20.0. The van der Waals surface area contributed by atoms with Crippen LogP contribution in [0.1, 0.15) is 85.0 Å². The number of rotatable bonds is 20. The van der Waals surface area contributed by atoms with E-state index >= 15 is 4.39 Å². The maximum absolute atomic E-state index is 15.3. The van der Waals surface area contributed by atoms with Crippen molar-refractivity contribution in [1.29, 1.82) is 0 Å². The first-order valence-corrected chi connectivity index (χ1v) is 20.4. The molecule has 45 heavy (non-hydrogen) atoms. The summed E-state index contributed by atoms with van der Waals surface area (Å²) in [6.45, 7) is 8.06. The van der Waals surface area contributed by atoms with Gasteiger partial charge in [-0.25, -0.2) is 0 Å². The van der Waals surface area contributed by atoms with Crippen LogP contribution in [0.2, 0.25) is 4.44 Å². The number of ether oxygens (including phenoxy) is 1. The number of halogens is 1. The van der Waals surface area contributed by atoms with Crippen LogP contribution < -0.4 is 20.4 Å². The molecule has 1 aromatic rings. The van der Waals surface area contributed by atoms with Gasteiger partial charge in [-0.3, -0.25) is 4.79 Å². The Morgan fingerprint density at radius 2 is 1.56 bits per heavy atom. The molecular weight excluding hydrogens is 684 g/mol. The summed E-state index contributed by atoms with van der Waals surface area (Å²) in [6, 6.07) is 4.76. The molecule has 10 nitrogen and oxygen atoms in total. The number of cyclic esters (lactones) is 1. The molecule has 3 rings (SSSR count). The van der Waals surface area contributed by atoms with Gasteiger partial charge in [0.1, 0.15) is 0 Å². The third-order valence-electron chi connectivity index (χ3n) is 8.40. The molecule has 2 saturated heterocycles. The summed E-state index contributed by atoms with van der Waals surface area (Å²) in [5.41, 5.74) is 0.875. The van der Waals surface area contributed by atoms with Crippen LogP contribution in [-0.2, 0) is 19.1 Å². The molecule has 2 aliphatic heterocycles. The Morgan fingerprint density at radius 1 is 0.933 bits per heavy atom. The number of nitrogens with one attached hydrogen (secondary N) is 2. The number of anilines is 2. The molecule has 2 aliphatic rings. The molecule has 2 atom stereocenters. The van der Waals surface area contributed by atoms with Gasteiger partial charge in [0.25, 0.3) is 0 Å². The second-order valence-corrected chi connectivity index (χ2v) is 16.3. The second-order valence-electron chi connectivity index (χ2n) is 12.1. The SMILES string of the molecule is CCCCCCCCCCC[CH2][Sn][C@@H](C(=O)CNC(C)=O)N1CCN(c2ccc(N3CC(CNC(C)=O)OC3=O)cc2F)CC1. The Morgan fingerprint density at radius 3 is 2.16 bits per heavy atom. The Bertz CT molecular complexity index is 1120. The average molecular weight is 737 g/mol. The van der Waals surface area contributed by atoms with Crippen molar-refractivity contribution in [3.63, 3.8) is 0 Å². The number of ketones is 1. The molecule has 2 N–H and O–H groups in total. The quantitative estimate of drug-likeness (QED) is 0.150. The molecule has 0 saturated carbocycles. The molecule has 12 heteroatoms. The predicted octanol–water partition coefficient (Wildman–Crippen LogP) is 4.48. The summed E-state index contributed by atoms with van der Waals surface area (Å²) in [5, 5.41) is 5.33. The van der Waals surface area contributed by atoms with Gasteiger partial charge in [-0.2, -0.15) is 0 Å². The van der Waals surface area contributed by atoms with Crippen LogP contribution in [0.3, 0.4) is 0 Å². The zero-order chi connectivity index (χ0) is 32.6. The van der Waals surface area contributed by atoms with E-state index in [1.807, 2.05) is 4.90 Å². The summed E-state index contributed by atoms with van der Waals surface area (Å²) in [5.74, 6) is -0.728. The van der Waals surface area contributed by atoms with Crippen LogP contribution in [0.15, 0.2) is 18.2 Å². The Labute approximate surface area is 278 Å². The topological polar surface area (TPSA) is 111 Å². The van der Waals surface area contributed by atoms with Gasteiger partial charge >= 0.3 is 250 Å². The van der Waals surface area contributed by atoms with E-state index in [-0.39, 0.29) is 41.3 Å². The summed E-state index contributed by atoms with van der Waals surface area (Å²) in [7, 11) is 0. The minimum absolute atomic E-state index is 0.0692. The predicted molar refractivity (Wildman–Crippen MR) is 176 cm³/mol. The molecule has 1 unspecified atom stereocenters. The molecule has 0 aromatic heterocycles. The van der Waals surface area contributed by atoms with Crippen molar-refractivity contribution in [1.82, 2.24) is 15.5 Å². The molecule has 250 valence electrons. The summed E-state index contributed by atoms with van der Waals surface area (Å²) in [4.78, 5) is 53.9. The van der Waals surface area contributed by atoms with Crippen molar-refractivity contribution < 1.29 is 28.3 Å². The first-order valence-electron chi connectivity index (χ1n) is 16.7. The summed E-state index contributed by atoms with van der Waals surface area (Å²) in [6.07, 6.45) is 11.9. The van der Waals surface area contributed by atoms with Gasteiger partial charge in [0.05, 0.1) is 6.54 Å². The number of carbonyl (C=O) groups excluding carboxylic acids is 4. The zero-order valence-electron chi connectivity index (χ0n) is 27.4. The van der Waals surface area contributed by atoms with E-state index in [0.29, 0.717) is 37.6 Å². The summed E-state index contributed by atoms with van der Waals surface area (Å²) < 4.78 is 21.7. The minimum atomic E-state index is -1.06. The van der Waals surface area contributed by atoms with Crippen molar-refractivity contribution in [3.8, 4) is 0 Å². The van der Waals surface area contributed by atoms with Gasteiger partial charge in [-0.1, -0.05) is 0 Å². The van der Waals surface area contributed by atoms with Crippen LogP contribution in [0, 0.1) is 5.82 Å². The number of hydrogen-bond acceptors (Lipinski definition) is 7. The van der Waals surface area contributed by atoms with E-state index in [2.05, 4.69) is 22.5 Å². The van der Waals surface area contributed by atoms with Crippen LogP contribution in [-0.4, -0.2) is 106 Å². The van der Waals surface area contributed by atoms with Gasteiger partial charge in [0.15, 0.2) is 0 Å². The number of piperazine rings is 1. The number of nitrogens with zero attached hydrogens (tertiary/aromatic N) is 3. The molecule has 0 aliphatic carbocycles. The van der Waals surface area contributed by atoms with Crippen molar-refractivity contribution in [2.45, 2.75) is 99.6 Å². The third kappa shape index (κ3) is 12.7. The van der Waals surface area contributed by atoms with Gasteiger partial charge in [0, 0.05) is 6.92 Å². The molecule has 0 spiro atoms. The fourth-order valence-corrected chi connectivity index (χ4v) is 10.3. The fourth-order valence-electron chi connectivity index (χ4n) is 5.84. The van der Waals surface area contributed by atoms with Crippen molar-refractivity contribution in [2.24, 2.45) is 0 Å². The van der Waals surface area contributed by atoms with Crippen molar-refractivity contribution >= 4 is 56.2 Å². The number of unbranched alkanes of at least 4 members (excludes halogenated alkanes) is 9. The first-order chi connectivity index (χ1) is 21.7. The van der Waals surface area contributed by atoms with Gasteiger partial charge < -0.3 is 5.32 Å². The van der Waals surface area contributed by atoms with E-state index in [4.69, 9.17) is 4.74 Å². The number of amides is 3. The monoisotopic (exact) mass is 737 g/mol. The van der Waals surface area contributed by atoms with Gasteiger partial charge in [0.2, 0.25) is 5.91 Å². The van der Waals surface area contributed by atoms with E-state index in [1.54, 1.807) is 12.1 Å². The molecule has 0 bridgehead atoms. The summed E-state index contributed by atoms with van der Waals surface area (Å²) >= 11 is -1.06. The Kier molecular flexibility index (Phi) is 16.4. The Balaban J connectivity index is 1.48. The van der Waals surface area contributed by atoms with Crippen LogP contribution in [0.25, 0.3) is 0 Å². The maximum atomic E-state index is 15.3. The first kappa shape index (κ1) is 37.1. The molecule has 1 aromatic carbocycles. The van der Waals surface area contributed by atoms with Crippen molar-refractivity contribution in [2.75, 3.05) is 55.6 Å².